The van der Waals surface area contributed by atoms with Crippen LogP contribution >= 0.6 is 35.3 Å². The van der Waals surface area contributed by atoms with Crippen LogP contribution in [0.3, 0.4) is 0 Å². The van der Waals surface area contributed by atoms with Crippen molar-refractivity contribution in [3.63, 3.8) is 0 Å². The third-order valence-electron chi connectivity index (χ3n) is 10.8. The van der Waals surface area contributed by atoms with Crippen molar-refractivity contribution in [2.24, 2.45) is 0 Å². The Bertz CT molecular complexity index is 2770. The van der Waals surface area contributed by atoms with E-state index in [-0.39, 0.29) is 28.2 Å². The molecule has 72 heavy (non-hydrogen) atoms. The van der Waals surface area contributed by atoms with Crippen LogP contribution in [0.25, 0.3) is 0 Å². The third-order valence-corrected chi connectivity index (χ3v) is 16.9. The van der Waals surface area contributed by atoms with Crippen molar-refractivity contribution in [3.05, 3.63) is 161 Å². The number of Topliss-reactive ketones (excluding diaryl/α,β-unsaturated/α-hetero) is 3. The van der Waals surface area contributed by atoms with E-state index in [0.29, 0.717) is 0 Å². The fourth-order valence-corrected chi connectivity index (χ4v) is 12.2. The van der Waals surface area contributed by atoms with Gasteiger partial charge in [0, 0.05) is 46.1 Å². The zero-order valence-corrected chi connectivity index (χ0v) is 43.2. The van der Waals surface area contributed by atoms with Crippen LogP contribution in [0.2, 0.25) is 0 Å². The molecule has 0 aliphatic rings. The van der Waals surface area contributed by atoms with E-state index in [0.717, 1.165) is 82.0 Å². The largest absolute Gasteiger partial charge is 0.743 e. The smallest absolute Gasteiger partial charge is 0.460 e. The fraction of sp³-hybridized carbons (Fsp3) is 0.250. The van der Waals surface area contributed by atoms with E-state index in [2.05, 4.69) is 112 Å². The average Bonchev–Trinajstić information content (AvgIpc) is 3.32. The molecule has 0 spiro atoms. The zero-order valence-electron chi connectivity index (χ0n) is 39.1. The summed E-state index contributed by atoms with van der Waals surface area (Å²) >= 11 is 5.14. The second-order valence-electron chi connectivity index (χ2n) is 15.8. The number of aryl methyl sites for hydroxylation is 3. The van der Waals surface area contributed by atoms with Crippen LogP contribution < -0.4 is 0 Å². The van der Waals surface area contributed by atoms with Crippen molar-refractivity contribution in [2.75, 3.05) is 0 Å². The first-order valence-electron chi connectivity index (χ1n) is 21.7. The minimum absolute atomic E-state index is 0.103. The van der Waals surface area contributed by atoms with Gasteiger partial charge in [-0.05, 0) is 166 Å². The van der Waals surface area contributed by atoms with Gasteiger partial charge >= 0.3 is 23.3 Å². The van der Waals surface area contributed by atoms with Gasteiger partial charge in [0.2, 0.25) is 0 Å². The number of halogens is 9. The summed E-state index contributed by atoms with van der Waals surface area (Å²) < 4.78 is 135. The van der Waals surface area contributed by atoms with Crippen molar-refractivity contribution < 1.29 is 66.9 Å². The molecule has 0 amide bonds. The Morgan fingerprint density at radius 3 is 0.903 bits per heavy atom. The fourth-order valence-electron chi connectivity index (χ4n) is 7.07. The number of rotatable bonds is 18. The second kappa shape index (κ2) is 23.5. The summed E-state index contributed by atoms with van der Waals surface area (Å²) in [5.74, 6) is -14.5. The van der Waals surface area contributed by atoms with Crippen molar-refractivity contribution in [1.29, 1.82) is 0 Å². The summed E-state index contributed by atoms with van der Waals surface area (Å²) in [5, 5.41) is -7.11. The highest BCUT2D eigenvalue weighted by Gasteiger charge is 2.83. The molecule has 6 rings (SSSR count). The Balaban J connectivity index is 0.000000484. The summed E-state index contributed by atoms with van der Waals surface area (Å²) in [6, 6.07) is 45.1. The van der Waals surface area contributed by atoms with Crippen LogP contribution in [-0.2, 0) is 40.3 Å². The lowest BCUT2D eigenvalue weighted by Gasteiger charge is -2.34. The van der Waals surface area contributed by atoms with Gasteiger partial charge in [0.1, 0.15) is 0 Å². The lowest BCUT2D eigenvalue weighted by Crippen LogP contribution is -2.63. The Morgan fingerprint density at radius 1 is 0.444 bits per heavy atom. The predicted octanol–water partition coefficient (Wildman–Crippen LogP) is 15.5. The van der Waals surface area contributed by atoms with Crippen molar-refractivity contribution in [1.82, 2.24) is 0 Å². The first kappa shape index (κ1) is 57.9. The molecule has 20 heteroatoms. The molecule has 0 saturated carbocycles. The lowest BCUT2D eigenvalue weighted by atomic mass is 10.0. The van der Waals surface area contributed by atoms with Gasteiger partial charge in [-0.2, -0.15) is 39.5 Å². The molecule has 0 saturated heterocycles. The summed E-state index contributed by atoms with van der Waals surface area (Å²) in [6.07, 6.45) is -4.71. The van der Waals surface area contributed by atoms with Gasteiger partial charge in [-0.1, -0.05) is 74.3 Å². The van der Waals surface area contributed by atoms with Crippen LogP contribution in [0.15, 0.2) is 171 Å². The summed E-state index contributed by atoms with van der Waals surface area (Å²) in [4.78, 5) is 46.8. The normalized spacial score (nSPS) is 12.3. The first-order chi connectivity index (χ1) is 33.6. The highest BCUT2D eigenvalue weighted by atomic mass is 32.2. The van der Waals surface area contributed by atoms with Gasteiger partial charge in [0.15, 0.2) is 42.2 Å². The molecule has 0 fully saturated rings. The molecule has 0 heterocycles. The van der Waals surface area contributed by atoms with E-state index < -0.39 is 33.4 Å². The van der Waals surface area contributed by atoms with E-state index in [4.69, 9.17) is 0 Å². The van der Waals surface area contributed by atoms with Crippen molar-refractivity contribution >= 4 is 73.6 Å². The van der Waals surface area contributed by atoms with Crippen molar-refractivity contribution in [3.8, 4) is 0 Å². The summed E-state index contributed by atoms with van der Waals surface area (Å²) in [7, 11) is -7.78. The number of carbonyl (C=O) groups is 3. The van der Waals surface area contributed by atoms with Crippen LogP contribution in [0.5, 0.6) is 0 Å². The maximum atomic E-state index is 12.2. The number of hydrogen-bond donors (Lipinski definition) is 0. The molecule has 0 aliphatic carbocycles. The molecule has 0 bridgehead atoms. The first-order valence-corrected chi connectivity index (χ1v) is 26.8. The Kier molecular flexibility index (Phi) is 18.9. The van der Waals surface area contributed by atoms with Crippen LogP contribution in [0, 0.1) is 0 Å². The molecule has 0 unspecified atom stereocenters. The number of benzene rings is 6. The molecule has 0 aliphatic heterocycles. The average molecular weight is 1100 g/mol. The summed E-state index contributed by atoms with van der Waals surface area (Å²) in [6.45, 7) is 11.2. The number of ketones is 3. The minimum Gasteiger partial charge on any atom is -0.743 e. The standard InChI is InChI=1S/C48H45O3S4.C4HF9O3S/c1-7-34-28-40(16-25-46(34)31(4)49)52-37-10-19-43(20-11-37)55(44-21-12-38(13-22-44)53-41-17-26-47(32(5)50)35(8-2)29-41)45-23-14-39(15-24-45)54-42-18-27-48(33(6)51)36(9-3)30-42;5-1(6,3(9,10)11)2(7,8)4(12,13)17(14,15)16/h10-30H,7-9H2,1-6H3;(H,14,15,16)/q+1;/p-1. The number of hydrogen-bond acceptors (Lipinski definition) is 9. The van der Waals surface area contributed by atoms with E-state index in [1.165, 1.54) is 14.7 Å². The Morgan fingerprint density at radius 2 is 0.694 bits per heavy atom. The van der Waals surface area contributed by atoms with Gasteiger partial charge in [0.25, 0.3) is 0 Å². The topological polar surface area (TPSA) is 108 Å². The minimum atomic E-state index is -7.43. The summed E-state index contributed by atoms with van der Waals surface area (Å²) in [5.41, 5.74) is 5.64. The molecular formula is C52H45F9O6S5. The molecular weight excluding hydrogens is 1050 g/mol. The van der Waals surface area contributed by atoms with E-state index in [1.54, 1.807) is 56.1 Å². The van der Waals surface area contributed by atoms with E-state index >= 15 is 0 Å². The van der Waals surface area contributed by atoms with Crippen LogP contribution in [0.4, 0.5) is 39.5 Å². The highest BCUT2D eigenvalue weighted by molar-refractivity contribution is 8.00. The molecule has 382 valence electrons. The molecule has 0 aromatic heterocycles. The third kappa shape index (κ3) is 13.2. The van der Waals surface area contributed by atoms with Crippen LogP contribution in [0.1, 0.15) is 89.3 Å². The predicted molar refractivity (Wildman–Crippen MR) is 262 cm³/mol. The molecule has 0 radical (unpaired) electrons. The molecule has 6 aromatic rings. The lowest BCUT2D eigenvalue weighted by molar-refractivity contribution is -0.382. The van der Waals surface area contributed by atoms with Crippen LogP contribution in [-0.4, -0.2) is 53.6 Å². The Labute approximate surface area is 427 Å². The zero-order chi connectivity index (χ0) is 53.6. The quantitative estimate of drug-likeness (QED) is 0.0360. The Hall–Kier alpha value is -4.99. The maximum absolute atomic E-state index is 12.2. The molecule has 6 nitrogen and oxygen atoms in total. The highest BCUT2D eigenvalue weighted by Crippen LogP contribution is 2.54. The van der Waals surface area contributed by atoms with Gasteiger partial charge in [0.05, 0.1) is 10.9 Å². The number of alkyl halides is 9. The maximum Gasteiger partial charge on any atom is 0.460 e. The van der Waals surface area contributed by atoms with Gasteiger partial charge in [-0.15, -0.1) is 0 Å². The monoisotopic (exact) mass is 1100 g/mol. The van der Waals surface area contributed by atoms with Crippen molar-refractivity contribution in [2.45, 2.75) is 128 Å². The van der Waals surface area contributed by atoms with Gasteiger partial charge in [-0.25, -0.2) is 8.42 Å². The van der Waals surface area contributed by atoms with Gasteiger partial charge in [-0.3, -0.25) is 14.4 Å². The molecule has 6 aromatic carbocycles. The second-order valence-corrected chi connectivity index (χ2v) is 22.7. The molecule has 0 atom stereocenters. The van der Waals surface area contributed by atoms with E-state index in [9.17, 15) is 66.9 Å². The number of carbonyl (C=O) groups excluding carboxylic acids is 3. The van der Waals surface area contributed by atoms with Gasteiger partial charge < -0.3 is 4.55 Å². The SMILES string of the molecule is CCc1cc(Sc2ccc([S+](c3ccc(Sc4ccc(C(C)=O)c(CC)c4)cc3)c3ccc(Sc4ccc(C(C)=O)c(CC)c4)cc3)cc2)ccc1C(C)=O.O=S(=O)([O-])C(F)(F)C(F)(F)C(F)(F)C(F)(F)F. The molecule has 0 N–H and O–H groups in total. The van der Waals surface area contributed by atoms with E-state index in [1.807, 2.05) is 36.4 Å².